The zero-order valence-corrected chi connectivity index (χ0v) is 10.6. The molecule has 1 aromatic rings. The van der Waals surface area contributed by atoms with Gasteiger partial charge in [-0.05, 0) is 24.5 Å². The summed E-state index contributed by atoms with van der Waals surface area (Å²) in [6.45, 7) is 6.89. The molecule has 1 rings (SSSR count). The molecule has 0 fully saturated rings. The van der Waals surface area contributed by atoms with Crippen molar-refractivity contribution in [3.05, 3.63) is 24.0 Å². The van der Waals surface area contributed by atoms with Crippen LogP contribution in [0.5, 0.6) is 0 Å². The van der Waals surface area contributed by atoms with E-state index in [2.05, 4.69) is 0 Å². The Morgan fingerprint density at radius 2 is 2.18 bits per heavy atom. The van der Waals surface area contributed by atoms with E-state index in [1.807, 2.05) is 42.9 Å². The van der Waals surface area contributed by atoms with E-state index in [4.69, 9.17) is 10.00 Å². The molecule has 0 aliphatic heterocycles. The number of nitrogens with zero attached hydrogens (tertiary/aromatic N) is 2. The minimum Gasteiger partial charge on any atom is -0.388 e. The Morgan fingerprint density at radius 3 is 2.76 bits per heavy atom. The van der Waals surface area contributed by atoms with Gasteiger partial charge in [-0.2, -0.15) is 5.26 Å². The molecule has 0 aliphatic rings. The number of hydrogen-bond donors (Lipinski definition) is 1. The highest BCUT2D eigenvalue weighted by atomic mass is 16.5. The van der Waals surface area contributed by atoms with Crippen molar-refractivity contribution in [2.24, 2.45) is 5.92 Å². The largest absolute Gasteiger partial charge is 0.388 e. The van der Waals surface area contributed by atoms with Gasteiger partial charge in [0.2, 0.25) is 0 Å². The Balaban J connectivity index is 2.44. The molecule has 0 aliphatic carbocycles. The van der Waals surface area contributed by atoms with Gasteiger partial charge in [-0.3, -0.25) is 0 Å². The molecule has 0 amide bonds. The van der Waals surface area contributed by atoms with Crippen LogP contribution in [0.15, 0.2) is 18.5 Å². The summed E-state index contributed by atoms with van der Waals surface area (Å²) in [5, 5.41) is 18.4. The number of aromatic nitrogens is 1. The van der Waals surface area contributed by atoms with Crippen molar-refractivity contribution in [1.82, 2.24) is 4.57 Å². The second-order valence-electron chi connectivity index (χ2n) is 4.51. The Labute approximate surface area is 102 Å². The van der Waals surface area contributed by atoms with Crippen LogP contribution in [0.4, 0.5) is 0 Å². The fraction of sp³-hybridized carbons (Fsp3) is 0.615. The lowest BCUT2D eigenvalue weighted by Crippen LogP contribution is -2.11. The molecule has 2 atom stereocenters. The first-order valence-electron chi connectivity index (χ1n) is 5.89. The minimum atomic E-state index is -0.421. The topological polar surface area (TPSA) is 58.2 Å². The number of ether oxygens (including phenoxy) is 1. The lowest BCUT2D eigenvalue weighted by atomic mass is 10.0. The summed E-state index contributed by atoms with van der Waals surface area (Å²) in [7, 11) is 0. The van der Waals surface area contributed by atoms with Gasteiger partial charge in [0, 0.05) is 18.9 Å². The normalized spacial score (nSPS) is 14.6. The lowest BCUT2D eigenvalue weighted by molar-refractivity contribution is 0.0950. The van der Waals surface area contributed by atoms with Crippen molar-refractivity contribution in [3.63, 3.8) is 0 Å². The van der Waals surface area contributed by atoms with Crippen LogP contribution in [0, 0.1) is 17.2 Å². The van der Waals surface area contributed by atoms with E-state index in [-0.39, 0.29) is 12.0 Å². The highest BCUT2D eigenvalue weighted by molar-refractivity contribution is 5.14. The van der Waals surface area contributed by atoms with Crippen LogP contribution in [0.3, 0.4) is 0 Å². The monoisotopic (exact) mass is 236 g/mol. The van der Waals surface area contributed by atoms with Crippen molar-refractivity contribution in [1.29, 1.82) is 5.26 Å². The number of aliphatic hydroxyl groups is 1. The summed E-state index contributed by atoms with van der Waals surface area (Å²) < 4.78 is 7.23. The number of rotatable bonds is 6. The van der Waals surface area contributed by atoms with Gasteiger partial charge in [-0.25, -0.2) is 0 Å². The standard InChI is InChI=1S/C13H20N2O2/c1-10(2)13(16)12-4-5-15(9-12)6-7-17-11(3)8-14/h4-5,9-11,13,16H,6-7H2,1-3H3. The van der Waals surface area contributed by atoms with Gasteiger partial charge in [0.05, 0.1) is 18.8 Å². The summed E-state index contributed by atoms with van der Waals surface area (Å²) in [5.41, 5.74) is 0.924. The summed E-state index contributed by atoms with van der Waals surface area (Å²) >= 11 is 0. The average Bonchev–Trinajstić information content (AvgIpc) is 2.76. The van der Waals surface area contributed by atoms with Crippen LogP contribution in [0.1, 0.15) is 32.4 Å². The van der Waals surface area contributed by atoms with Crippen molar-refractivity contribution in [2.45, 2.75) is 39.5 Å². The summed E-state index contributed by atoms with van der Waals surface area (Å²) in [5.74, 6) is 0.209. The SMILES string of the molecule is CC(C#N)OCCn1ccc(C(O)C(C)C)c1. The molecule has 1 N–H and O–H groups in total. The third-order valence-electron chi connectivity index (χ3n) is 2.65. The van der Waals surface area contributed by atoms with E-state index in [1.165, 1.54) is 0 Å². The second kappa shape index (κ2) is 6.43. The molecule has 4 nitrogen and oxygen atoms in total. The van der Waals surface area contributed by atoms with E-state index in [0.717, 1.165) is 5.56 Å². The van der Waals surface area contributed by atoms with Crippen LogP contribution in [-0.4, -0.2) is 22.4 Å². The predicted molar refractivity (Wildman–Crippen MR) is 65.3 cm³/mol. The zero-order valence-electron chi connectivity index (χ0n) is 10.6. The van der Waals surface area contributed by atoms with Gasteiger partial charge in [0.1, 0.15) is 6.10 Å². The zero-order chi connectivity index (χ0) is 12.8. The molecule has 1 heterocycles. The third kappa shape index (κ3) is 4.22. The van der Waals surface area contributed by atoms with Crippen molar-refractivity contribution in [2.75, 3.05) is 6.61 Å². The highest BCUT2D eigenvalue weighted by Gasteiger charge is 2.12. The van der Waals surface area contributed by atoms with E-state index in [1.54, 1.807) is 6.92 Å². The first kappa shape index (κ1) is 13.8. The fourth-order valence-corrected chi connectivity index (χ4v) is 1.53. The van der Waals surface area contributed by atoms with Crippen molar-refractivity contribution in [3.8, 4) is 6.07 Å². The molecule has 0 radical (unpaired) electrons. The maximum atomic E-state index is 9.88. The van der Waals surface area contributed by atoms with Crippen LogP contribution in [-0.2, 0) is 11.3 Å². The molecule has 94 valence electrons. The average molecular weight is 236 g/mol. The summed E-state index contributed by atoms with van der Waals surface area (Å²) in [6, 6.07) is 3.93. The number of hydrogen-bond acceptors (Lipinski definition) is 3. The molecule has 2 unspecified atom stereocenters. The fourth-order valence-electron chi connectivity index (χ4n) is 1.53. The van der Waals surface area contributed by atoms with Crippen LogP contribution in [0.25, 0.3) is 0 Å². The number of nitriles is 1. The van der Waals surface area contributed by atoms with Crippen molar-refractivity contribution < 1.29 is 9.84 Å². The summed E-state index contributed by atoms with van der Waals surface area (Å²) in [4.78, 5) is 0. The molecule has 0 saturated heterocycles. The smallest absolute Gasteiger partial charge is 0.141 e. The minimum absolute atomic E-state index is 0.209. The van der Waals surface area contributed by atoms with Crippen molar-refractivity contribution >= 4 is 0 Å². The molecule has 0 bridgehead atoms. The Kier molecular flexibility index (Phi) is 5.20. The van der Waals surface area contributed by atoms with Gasteiger partial charge in [-0.15, -0.1) is 0 Å². The molecule has 1 aromatic heterocycles. The predicted octanol–water partition coefficient (Wildman–Crippen LogP) is 2.11. The van der Waals surface area contributed by atoms with Crippen LogP contribution < -0.4 is 0 Å². The molecule has 4 heteroatoms. The van der Waals surface area contributed by atoms with E-state index < -0.39 is 6.10 Å². The molecule has 17 heavy (non-hydrogen) atoms. The molecule has 0 aromatic carbocycles. The number of aliphatic hydroxyl groups excluding tert-OH is 1. The second-order valence-corrected chi connectivity index (χ2v) is 4.51. The Hall–Kier alpha value is -1.31. The van der Waals surface area contributed by atoms with Gasteiger partial charge in [0.25, 0.3) is 0 Å². The molecule has 0 saturated carbocycles. The Bertz CT molecular complexity index is 379. The van der Waals surface area contributed by atoms with E-state index in [9.17, 15) is 5.11 Å². The van der Waals surface area contributed by atoms with E-state index >= 15 is 0 Å². The van der Waals surface area contributed by atoms with Crippen LogP contribution >= 0.6 is 0 Å². The summed E-state index contributed by atoms with van der Waals surface area (Å²) in [6.07, 6.45) is 3.05. The lowest BCUT2D eigenvalue weighted by Gasteiger charge is -2.12. The van der Waals surface area contributed by atoms with Gasteiger partial charge in [0.15, 0.2) is 0 Å². The van der Waals surface area contributed by atoms with E-state index in [0.29, 0.717) is 13.2 Å². The maximum Gasteiger partial charge on any atom is 0.141 e. The van der Waals surface area contributed by atoms with Gasteiger partial charge >= 0.3 is 0 Å². The first-order chi connectivity index (χ1) is 8.04. The third-order valence-corrected chi connectivity index (χ3v) is 2.65. The molecular formula is C13H20N2O2. The van der Waals surface area contributed by atoms with Crippen LogP contribution in [0.2, 0.25) is 0 Å². The Morgan fingerprint density at radius 1 is 1.47 bits per heavy atom. The molecular weight excluding hydrogens is 216 g/mol. The maximum absolute atomic E-state index is 9.88. The first-order valence-corrected chi connectivity index (χ1v) is 5.89. The highest BCUT2D eigenvalue weighted by Crippen LogP contribution is 2.21. The van der Waals surface area contributed by atoms with Gasteiger partial charge in [-0.1, -0.05) is 13.8 Å². The molecule has 0 spiro atoms. The van der Waals surface area contributed by atoms with Gasteiger partial charge < -0.3 is 14.4 Å². The quantitative estimate of drug-likeness (QED) is 0.823.